The van der Waals surface area contributed by atoms with Gasteiger partial charge in [0.25, 0.3) is 5.91 Å². The summed E-state index contributed by atoms with van der Waals surface area (Å²) in [5.74, 6) is -1.94. The predicted molar refractivity (Wildman–Crippen MR) is 114 cm³/mol. The molecule has 1 atom stereocenters. The zero-order chi connectivity index (χ0) is 21.3. The largest absolute Gasteiger partial charge is 0.872 e. The first-order valence-electron chi connectivity index (χ1n) is 9.18. The maximum atomic E-state index is 13.3. The topological polar surface area (TPSA) is 74.6 Å². The summed E-state index contributed by atoms with van der Waals surface area (Å²) in [4.78, 5) is 30.3. The molecule has 0 aliphatic carbocycles. The Morgan fingerprint density at radius 2 is 1.77 bits per heavy atom. The van der Waals surface area contributed by atoms with Crippen LogP contribution in [0.2, 0.25) is 5.02 Å². The minimum absolute atomic E-state index is 0.0513. The van der Waals surface area contributed by atoms with Crippen LogP contribution in [-0.2, 0) is 16.1 Å². The van der Waals surface area contributed by atoms with E-state index in [1.54, 1.807) is 48.8 Å². The highest BCUT2D eigenvalue weighted by molar-refractivity contribution is 9.10. The van der Waals surface area contributed by atoms with Crippen LogP contribution >= 0.6 is 27.5 Å². The molecule has 4 rings (SSSR count). The normalized spacial score (nSPS) is 18.1. The van der Waals surface area contributed by atoms with Gasteiger partial charge in [0.2, 0.25) is 5.78 Å². The van der Waals surface area contributed by atoms with E-state index in [0.29, 0.717) is 16.1 Å². The van der Waals surface area contributed by atoms with Crippen molar-refractivity contribution in [3.63, 3.8) is 0 Å². The maximum absolute atomic E-state index is 13.3. The first-order valence-corrected chi connectivity index (χ1v) is 10.4. The van der Waals surface area contributed by atoms with Crippen LogP contribution in [0.1, 0.15) is 22.7 Å². The molecule has 2 heterocycles. The van der Waals surface area contributed by atoms with Crippen molar-refractivity contribution in [2.45, 2.75) is 12.6 Å². The third kappa shape index (κ3) is 3.88. The molecule has 0 bridgehead atoms. The van der Waals surface area contributed by atoms with Gasteiger partial charge in [0, 0.05) is 26.7 Å². The molecular weight excluding hydrogens is 468 g/mol. The van der Waals surface area contributed by atoms with Crippen LogP contribution in [0.5, 0.6) is 0 Å². The number of aromatic nitrogens is 1. The molecule has 1 aliphatic rings. The Bertz CT molecular complexity index is 1130. The molecule has 1 unspecified atom stereocenters. The second-order valence-electron chi connectivity index (χ2n) is 6.88. The zero-order valence-electron chi connectivity index (χ0n) is 15.6. The Hall–Kier alpha value is -2.96. The highest BCUT2D eigenvalue weighted by Gasteiger charge is 2.44. The molecular formula is C23H16BrClN2O3. The van der Waals surface area contributed by atoms with Gasteiger partial charge in [0.05, 0.1) is 12.6 Å². The number of hydrogen-bond acceptors (Lipinski definition) is 3. The number of H-pyrrole nitrogens is 1. The number of nitrogens with zero attached hydrogens (tertiary/aromatic N) is 1. The lowest BCUT2D eigenvalue weighted by molar-refractivity contribution is -0.378. The highest BCUT2D eigenvalue weighted by atomic mass is 79.9. The van der Waals surface area contributed by atoms with E-state index in [1.807, 2.05) is 24.3 Å². The van der Waals surface area contributed by atoms with E-state index < -0.39 is 23.5 Å². The molecule has 1 amide bonds. The molecule has 1 fully saturated rings. The van der Waals surface area contributed by atoms with Crippen LogP contribution in [0, 0.1) is 0 Å². The Morgan fingerprint density at radius 1 is 1.07 bits per heavy atom. The molecule has 150 valence electrons. The van der Waals surface area contributed by atoms with Crippen LogP contribution in [-0.4, -0.2) is 16.6 Å². The van der Waals surface area contributed by atoms with Gasteiger partial charge in [-0.05, 0) is 41.5 Å². The summed E-state index contributed by atoms with van der Waals surface area (Å²) in [6.45, 7) is 0.194. The molecule has 30 heavy (non-hydrogen) atoms. The number of carbonyl (C=O) groups is 2. The number of likely N-dealkylation sites (tertiary alicyclic amines) is 1. The summed E-state index contributed by atoms with van der Waals surface area (Å²) >= 11 is 9.32. The number of Topliss-reactive ketones (excluding diaryl/α,β-unsaturated/α-hetero) is 1. The van der Waals surface area contributed by atoms with E-state index >= 15 is 0 Å². The van der Waals surface area contributed by atoms with E-state index in [-0.39, 0.29) is 12.1 Å². The first kappa shape index (κ1) is 20.3. The first-order chi connectivity index (χ1) is 14.5. The average molecular weight is 484 g/mol. The minimum atomic E-state index is -0.776. The van der Waals surface area contributed by atoms with E-state index in [2.05, 4.69) is 20.9 Å². The fourth-order valence-electron chi connectivity index (χ4n) is 3.51. The molecule has 1 N–H and O–H groups in total. The van der Waals surface area contributed by atoms with Gasteiger partial charge in [-0.3, -0.25) is 9.59 Å². The summed E-state index contributed by atoms with van der Waals surface area (Å²) in [6, 6.07) is 16.4. The smallest absolute Gasteiger partial charge is 0.295 e. The second-order valence-corrected chi connectivity index (χ2v) is 8.23. The minimum Gasteiger partial charge on any atom is -0.872 e. The van der Waals surface area contributed by atoms with Crippen molar-refractivity contribution < 1.29 is 19.7 Å². The molecule has 5 nitrogen and oxygen atoms in total. The standard InChI is InChI=1S/C23H16BrClN2O3/c24-17-7-3-15(4-8-17)20-19(21(28)16-5-9-18(25)10-6-16)22(29)23(30)27(20)13-14-2-1-11-26-12-14/h1-12,20,28H,13H2/b21-19+. The number of nitrogens with one attached hydrogen (secondary N) is 1. The van der Waals surface area contributed by atoms with Crippen molar-refractivity contribution in [3.8, 4) is 0 Å². The van der Waals surface area contributed by atoms with Crippen LogP contribution in [0.3, 0.4) is 0 Å². The molecule has 0 spiro atoms. The van der Waals surface area contributed by atoms with Gasteiger partial charge in [0.15, 0.2) is 12.4 Å². The lowest BCUT2D eigenvalue weighted by Gasteiger charge is -2.27. The number of hydrogen-bond donors (Lipinski definition) is 0. The Morgan fingerprint density at radius 3 is 2.40 bits per heavy atom. The van der Waals surface area contributed by atoms with Crippen molar-refractivity contribution in [2.75, 3.05) is 0 Å². The average Bonchev–Trinajstić information content (AvgIpc) is 3.00. The Labute approximate surface area is 186 Å². The van der Waals surface area contributed by atoms with Gasteiger partial charge in [-0.25, -0.2) is 4.98 Å². The number of ketones is 1. The summed E-state index contributed by atoms with van der Waals surface area (Å²) in [7, 11) is 0. The van der Waals surface area contributed by atoms with Gasteiger partial charge in [-0.2, -0.15) is 0 Å². The molecule has 1 saturated heterocycles. The van der Waals surface area contributed by atoms with E-state index in [9.17, 15) is 14.7 Å². The third-order valence-corrected chi connectivity index (χ3v) is 5.73. The van der Waals surface area contributed by atoms with Crippen molar-refractivity contribution in [1.82, 2.24) is 4.90 Å². The van der Waals surface area contributed by atoms with Gasteiger partial charge in [-0.1, -0.05) is 57.6 Å². The quantitative estimate of drug-likeness (QED) is 0.324. The molecule has 0 radical (unpaired) electrons. The van der Waals surface area contributed by atoms with Crippen molar-refractivity contribution in [1.29, 1.82) is 0 Å². The fourth-order valence-corrected chi connectivity index (χ4v) is 3.90. The van der Waals surface area contributed by atoms with Crippen molar-refractivity contribution in [3.05, 3.63) is 105 Å². The summed E-state index contributed by atoms with van der Waals surface area (Å²) < 4.78 is 0.858. The second kappa shape index (κ2) is 8.42. The van der Waals surface area contributed by atoms with Crippen LogP contribution in [0.25, 0.3) is 5.76 Å². The number of rotatable bonds is 4. The number of carbonyl (C=O) groups excluding carboxylic acids is 2. The van der Waals surface area contributed by atoms with E-state index in [4.69, 9.17) is 11.6 Å². The maximum Gasteiger partial charge on any atom is 0.295 e. The SMILES string of the molecule is O=C1C(=O)N(Cc2ccc[nH+]c2)C(c2ccc(Br)cc2)/C1=C(\[O-])c1ccc(Cl)cc1. The molecule has 2 aromatic carbocycles. The van der Waals surface area contributed by atoms with Gasteiger partial charge < -0.3 is 10.0 Å². The lowest BCUT2D eigenvalue weighted by atomic mass is 9.95. The number of benzene rings is 2. The predicted octanol–water partition coefficient (Wildman–Crippen LogP) is 3.34. The van der Waals surface area contributed by atoms with Crippen LogP contribution in [0.15, 0.2) is 83.1 Å². The Balaban J connectivity index is 1.85. The molecule has 1 aliphatic heterocycles. The van der Waals surface area contributed by atoms with Crippen LogP contribution in [0.4, 0.5) is 0 Å². The Kier molecular flexibility index (Phi) is 5.70. The van der Waals surface area contributed by atoms with Gasteiger partial charge in [0.1, 0.15) is 0 Å². The van der Waals surface area contributed by atoms with Crippen molar-refractivity contribution in [2.24, 2.45) is 0 Å². The summed E-state index contributed by atoms with van der Waals surface area (Å²) in [5.41, 5.74) is 1.77. The van der Waals surface area contributed by atoms with E-state index in [1.165, 1.54) is 4.90 Å². The third-order valence-electron chi connectivity index (χ3n) is 4.95. The number of halogens is 2. The lowest BCUT2D eigenvalue weighted by Crippen LogP contribution is -2.29. The highest BCUT2D eigenvalue weighted by Crippen LogP contribution is 2.39. The number of amides is 1. The molecule has 7 heteroatoms. The number of aromatic amines is 1. The molecule has 1 aromatic heterocycles. The molecule has 3 aromatic rings. The monoisotopic (exact) mass is 482 g/mol. The van der Waals surface area contributed by atoms with E-state index in [0.717, 1.165) is 10.0 Å². The summed E-state index contributed by atoms with van der Waals surface area (Å²) in [5, 5.41) is 13.8. The zero-order valence-corrected chi connectivity index (χ0v) is 18.0. The van der Waals surface area contributed by atoms with Crippen molar-refractivity contribution >= 4 is 45.0 Å². The van der Waals surface area contributed by atoms with Crippen LogP contribution < -0.4 is 10.1 Å². The number of pyridine rings is 1. The fraction of sp³-hybridized carbons (Fsp3) is 0.0870. The molecule has 0 saturated carbocycles. The summed E-state index contributed by atoms with van der Waals surface area (Å²) in [6.07, 6.45) is 3.52. The van der Waals surface area contributed by atoms with Gasteiger partial charge >= 0.3 is 0 Å². The van der Waals surface area contributed by atoms with Gasteiger partial charge in [-0.15, -0.1) is 0 Å².